The molecule has 0 aliphatic carbocycles. The number of carbonyl (C=O) groups is 2. The maximum absolute atomic E-state index is 14.8. The van der Waals surface area contributed by atoms with E-state index in [4.69, 9.17) is 16.3 Å². The zero-order valence-electron chi connectivity index (χ0n) is 24.4. The number of ether oxygens (including phenoxy) is 1. The highest BCUT2D eigenvalue weighted by Gasteiger charge is 2.58. The van der Waals surface area contributed by atoms with Gasteiger partial charge in [-0.25, -0.2) is 9.69 Å². The van der Waals surface area contributed by atoms with Gasteiger partial charge in [0.2, 0.25) is 5.91 Å². The van der Waals surface area contributed by atoms with Gasteiger partial charge in [-0.15, -0.1) is 0 Å². The molecule has 2 amide bonds. The van der Waals surface area contributed by atoms with Crippen LogP contribution in [0.15, 0.2) is 115 Å². The summed E-state index contributed by atoms with van der Waals surface area (Å²) in [7, 11) is 0. The van der Waals surface area contributed by atoms with E-state index in [2.05, 4.69) is 0 Å². The summed E-state index contributed by atoms with van der Waals surface area (Å²) in [6.07, 6.45) is -4.48. The molecule has 1 aliphatic heterocycles. The monoisotopic (exact) mass is 617 g/mol. The maximum Gasteiger partial charge on any atom is 0.421 e. The van der Waals surface area contributed by atoms with Crippen LogP contribution in [0.5, 0.6) is 0 Å². The Hall–Kier alpha value is -4.36. The predicted molar refractivity (Wildman–Crippen MR) is 167 cm³/mol. The number of benzene rings is 4. The van der Waals surface area contributed by atoms with Crippen molar-refractivity contribution in [2.45, 2.75) is 50.3 Å². The zero-order valence-corrected chi connectivity index (χ0v) is 25.2. The fraction of sp³-hybridized carbons (Fsp3) is 0.222. The normalized spacial score (nSPS) is 17.5. The van der Waals surface area contributed by atoms with Crippen LogP contribution in [0.25, 0.3) is 11.1 Å². The molecule has 0 N–H and O–H groups in total. The number of hydrogen-bond acceptors (Lipinski definition) is 3. The molecular formula is C36H31ClF3NO3. The second-order valence-corrected chi connectivity index (χ2v) is 12.2. The molecule has 1 aliphatic rings. The van der Waals surface area contributed by atoms with E-state index in [1.165, 1.54) is 0 Å². The number of para-hydroxylation sites is 1. The van der Waals surface area contributed by atoms with Gasteiger partial charge in [-0.2, -0.15) is 13.2 Å². The molecule has 0 spiro atoms. The van der Waals surface area contributed by atoms with Crippen molar-refractivity contribution in [3.63, 3.8) is 0 Å². The Kier molecular flexibility index (Phi) is 8.45. The van der Waals surface area contributed by atoms with E-state index >= 15 is 0 Å². The quantitative estimate of drug-likeness (QED) is 0.202. The minimum Gasteiger partial charge on any atom is -0.443 e. The van der Waals surface area contributed by atoms with Gasteiger partial charge < -0.3 is 4.74 Å². The van der Waals surface area contributed by atoms with Gasteiger partial charge in [0.05, 0.1) is 11.1 Å². The summed E-state index contributed by atoms with van der Waals surface area (Å²) in [4.78, 5) is 29.3. The number of carbonyl (C=O) groups excluding carboxylic acids is 2. The van der Waals surface area contributed by atoms with E-state index in [9.17, 15) is 22.8 Å². The van der Waals surface area contributed by atoms with Crippen molar-refractivity contribution in [1.82, 2.24) is 0 Å². The molecule has 2 unspecified atom stereocenters. The number of amides is 2. The number of fused-ring (bicyclic) bond motifs is 1. The summed E-state index contributed by atoms with van der Waals surface area (Å²) in [6.45, 7) is 5.03. The average molecular weight is 618 g/mol. The van der Waals surface area contributed by atoms with Crippen molar-refractivity contribution in [3.8, 4) is 11.1 Å². The summed E-state index contributed by atoms with van der Waals surface area (Å²) < 4.78 is 46.9. The number of halogens is 4. The Morgan fingerprint density at radius 3 is 2.09 bits per heavy atom. The third-order valence-electron chi connectivity index (χ3n) is 7.58. The summed E-state index contributed by atoms with van der Waals surface area (Å²) in [5.41, 5.74) is 0.995. The zero-order chi connectivity index (χ0) is 31.7. The van der Waals surface area contributed by atoms with E-state index in [0.717, 1.165) is 22.1 Å². The summed E-state index contributed by atoms with van der Waals surface area (Å²) >= 11 is 6.63. The molecule has 0 fully saturated rings. The predicted octanol–water partition coefficient (Wildman–Crippen LogP) is 9.67. The SMILES string of the molecule is CC(C)(C)OC(=O)N1C(=O)C(Cc2ccc(-c3ccccc3)cc2)(C(/C=C/C(F)(F)F)c2ccccc2Cl)c2ccccc21. The molecule has 0 saturated carbocycles. The first-order valence-corrected chi connectivity index (χ1v) is 14.5. The molecule has 226 valence electrons. The molecule has 4 nitrogen and oxygen atoms in total. The lowest BCUT2D eigenvalue weighted by Gasteiger charge is -2.36. The molecule has 0 aromatic heterocycles. The van der Waals surface area contributed by atoms with Gasteiger partial charge in [-0.1, -0.05) is 109 Å². The van der Waals surface area contributed by atoms with Crippen LogP contribution in [0.3, 0.4) is 0 Å². The van der Waals surface area contributed by atoms with Crippen LogP contribution < -0.4 is 4.90 Å². The third-order valence-corrected chi connectivity index (χ3v) is 7.92. The van der Waals surface area contributed by atoms with Crippen molar-refractivity contribution >= 4 is 29.3 Å². The van der Waals surface area contributed by atoms with Crippen LogP contribution in [0.2, 0.25) is 5.02 Å². The first-order valence-electron chi connectivity index (χ1n) is 14.1. The van der Waals surface area contributed by atoms with Gasteiger partial charge in [0.1, 0.15) is 5.60 Å². The minimum absolute atomic E-state index is 0.0186. The molecule has 2 atom stereocenters. The molecule has 1 heterocycles. The van der Waals surface area contributed by atoms with Crippen LogP contribution >= 0.6 is 11.6 Å². The summed E-state index contributed by atoms with van der Waals surface area (Å²) in [5.74, 6) is -1.90. The van der Waals surface area contributed by atoms with E-state index < -0.39 is 35.1 Å². The molecule has 0 radical (unpaired) electrons. The average Bonchev–Trinajstić information content (AvgIpc) is 3.21. The van der Waals surface area contributed by atoms with E-state index in [0.29, 0.717) is 16.7 Å². The van der Waals surface area contributed by atoms with Crippen molar-refractivity contribution in [2.24, 2.45) is 0 Å². The molecule has 0 bridgehead atoms. The van der Waals surface area contributed by atoms with Gasteiger partial charge >= 0.3 is 12.3 Å². The maximum atomic E-state index is 14.8. The second kappa shape index (κ2) is 12.0. The molecule has 44 heavy (non-hydrogen) atoms. The lowest BCUT2D eigenvalue weighted by molar-refractivity contribution is -0.123. The van der Waals surface area contributed by atoms with Crippen molar-refractivity contribution in [3.05, 3.63) is 137 Å². The van der Waals surface area contributed by atoms with Crippen LogP contribution in [0, 0.1) is 0 Å². The van der Waals surface area contributed by atoms with E-state index in [-0.39, 0.29) is 23.2 Å². The number of imide groups is 1. The number of alkyl halides is 3. The summed E-state index contributed by atoms with van der Waals surface area (Å²) in [6, 6.07) is 30.4. The number of rotatable bonds is 6. The van der Waals surface area contributed by atoms with Crippen molar-refractivity contribution < 1.29 is 27.5 Å². The summed E-state index contributed by atoms with van der Waals surface area (Å²) in [5, 5.41) is 0.198. The Morgan fingerprint density at radius 1 is 0.864 bits per heavy atom. The minimum atomic E-state index is -4.66. The highest BCUT2D eigenvalue weighted by Crippen LogP contribution is 2.54. The van der Waals surface area contributed by atoms with Crippen LogP contribution in [-0.2, 0) is 21.4 Å². The standard InChI is InChI=1S/C36H31ClF3NO3/c1-34(2,3)44-33(43)41-31-16-10-8-14-29(31)35(32(41)42,23-24-17-19-26(20-18-24)25-11-5-4-6-12-25)28(21-22-36(38,39)40)27-13-7-9-15-30(27)37/h4-22,28H,23H2,1-3H3/b22-21+. The Labute approximate surface area is 259 Å². The van der Waals surface area contributed by atoms with Gasteiger partial charge in [-0.05, 0) is 67.1 Å². The smallest absolute Gasteiger partial charge is 0.421 e. The van der Waals surface area contributed by atoms with Crippen LogP contribution in [0.4, 0.5) is 23.7 Å². The van der Waals surface area contributed by atoms with Crippen LogP contribution in [-0.4, -0.2) is 23.8 Å². The number of nitrogens with zero attached hydrogens (tertiary/aromatic N) is 1. The number of allylic oxidation sites excluding steroid dienone is 2. The number of hydrogen-bond donors (Lipinski definition) is 0. The molecular weight excluding hydrogens is 587 g/mol. The van der Waals surface area contributed by atoms with Gasteiger partial charge in [0, 0.05) is 17.0 Å². The van der Waals surface area contributed by atoms with Crippen LogP contribution in [0.1, 0.15) is 43.4 Å². The second-order valence-electron chi connectivity index (χ2n) is 11.7. The van der Waals surface area contributed by atoms with Crippen molar-refractivity contribution in [1.29, 1.82) is 0 Å². The fourth-order valence-corrected chi connectivity index (χ4v) is 6.03. The molecule has 4 aromatic carbocycles. The molecule has 5 rings (SSSR count). The lowest BCUT2D eigenvalue weighted by atomic mass is 9.64. The Morgan fingerprint density at radius 2 is 1.45 bits per heavy atom. The van der Waals surface area contributed by atoms with Gasteiger partial charge in [0.25, 0.3) is 0 Å². The number of anilines is 1. The fourth-order valence-electron chi connectivity index (χ4n) is 5.77. The lowest BCUT2D eigenvalue weighted by Crippen LogP contribution is -2.49. The molecule has 0 saturated heterocycles. The third kappa shape index (κ3) is 6.29. The van der Waals surface area contributed by atoms with Gasteiger partial charge in [-0.3, -0.25) is 4.79 Å². The first-order chi connectivity index (χ1) is 20.8. The topological polar surface area (TPSA) is 46.6 Å². The largest absolute Gasteiger partial charge is 0.443 e. The Balaban J connectivity index is 1.74. The highest BCUT2D eigenvalue weighted by molar-refractivity contribution is 6.31. The molecule has 4 aromatic rings. The first kappa shape index (κ1) is 31.1. The molecule has 8 heteroatoms. The van der Waals surface area contributed by atoms with E-state index in [1.807, 2.05) is 54.6 Å². The van der Waals surface area contributed by atoms with Crippen molar-refractivity contribution in [2.75, 3.05) is 4.90 Å². The van der Waals surface area contributed by atoms with Gasteiger partial charge in [0.15, 0.2) is 0 Å². The van der Waals surface area contributed by atoms with E-state index in [1.54, 1.807) is 69.3 Å². The highest BCUT2D eigenvalue weighted by atomic mass is 35.5. The Bertz CT molecular complexity index is 1690.